The number of carbonyl (C=O) groups is 2. The monoisotopic (exact) mass is 515 g/mol. The van der Waals surface area contributed by atoms with Crippen LogP contribution in [0.5, 0.6) is 5.75 Å². The molecule has 2 heterocycles. The van der Waals surface area contributed by atoms with Gasteiger partial charge in [0.2, 0.25) is 5.91 Å². The van der Waals surface area contributed by atoms with Crippen LogP contribution in [0.3, 0.4) is 0 Å². The molecule has 7 nitrogen and oxygen atoms in total. The molecule has 2 aromatic carbocycles. The molecule has 1 aliphatic heterocycles. The van der Waals surface area contributed by atoms with Crippen LogP contribution in [0.1, 0.15) is 29.3 Å². The molecule has 0 radical (unpaired) electrons. The van der Waals surface area contributed by atoms with E-state index in [0.29, 0.717) is 25.9 Å². The van der Waals surface area contributed by atoms with Gasteiger partial charge in [0.15, 0.2) is 0 Å². The number of amides is 2. The first-order valence-corrected chi connectivity index (χ1v) is 13.2. The Morgan fingerprint density at radius 2 is 1.89 bits per heavy atom. The van der Waals surface area contributed by atoms with Gasteiger partial charge >= 0.3 is 6.09 Å². The summed E-state index contributed by atoms with van der Waals surface area (Å²) in [5.41, 5.74) is 4.07. The van der Waals surface area contributed by atoms with Crippen LogP contribution in [0.2, 0.25) is 0 Å². The zero-order valence-electron chi connectivity index (χ0n) is 20.7. The normalized spacial score (nSPS) is 15.6. The number of carbonyl (C=O) groups excluding carboxylic acids is 2. The van der Waals surface area contributed by atoms with Crippen molar-refractivity contribution < 1.29 is 19.1 Å². The van der Waals surface area contributed by atoms with E-state index in [2.05, 4.69) is 18.0 Å². The maximum Gasteiger partial charge on any atom is 0.417 e. The first-order valence-electron chi connectivity index (χ1n) is 12.3. The summed E-state index contributed by atoms with van der Waals surface area (Å²) in [7, 11) is 0. The molecule has 1 aliphatic rings. The third kappa shape index (κ3) is 7.11. The molecule has 2 unspecified atom stereocenters. The number of benzene rings is 2. The van der Waals surface area contributed by atoms with Crippen LogP contribution in [0.25, 0.3) is 0 Å². The van der Waals surface area contributed by atoms with E-state index in [1.807, 2.05) is 72.3 Å². The number of aromatic nitrogens is 1. The smallest absolute Gasteiger partial charge is 0.417 e. The van der Waals surface area contributed by atoms with E-state index in [1.54, 1.807) is 0 Å². The van der Waals surface area contributed by atoms with Gasteiger partial charge in [-0.25, -0.2) is 9.69 Å². The fourth-order valence-electron chi connectivity index (χ4n) is 4.19. The predicted molar refractivity (Wildman–Crippen MR) is 142 cm³/mol. The number of pyridine rings is 1. The second-order valence-electron chi connectivity index (χ2n) is 8.78. The zero-order valence-corrected chi connectivity index (χ0v) is 21.5. The number of thioether (sulfide) groups is 1. The van der Waals surface area contributed by atoms with Gasteiger partial charge in [-0.2, -0.15) is 5.26 Å². The quantitative estimate of drug-likeness (QED) is 0.333. The molecule has 0 aliphatic carbocycles. The van der Waals surface area contributed by atoms with Crippen LogP contribution in [0.15, 0.2) is 72.9 Å². The van der Waals surface area contributed by atoms with Crippen molar-refractivity contribution >= 4 is 23.8 Å². The van der Waals surface area contributed by atoms with Crippen molar-refractivity contribution in [1.29, 1.82) is 5.26 Å². The average Bonchev–Trinajstić information content (AvgIpc) is 3.29. The van der Waals surface area contributed by atoms with Crippen molar-refractivity contribution in [3.63, 3.8) is 0 Å². The Morgan fingerprint density at radius 3 is 2.57 bits per heavy atom. The Hall–Kier alpha value is -3.83. The van der Waals surface area contributed by atoms with Gasteiger partial charge in [-0.05, 0) is 65.9 Å². The summed E-state index contributed by atoms with van der Waals surface area (Å²) in [6.45, 7) is 2.75. The molecule has 1 fully saturated rings. The Morgan fingerprint density at radius 1 is 1.14 bits per heavy atom. The van der Waals surface area contributed by atoms with E-state index in [0.717, 1.165) is 40.8 Å². The SMILES string of the molecule is CCc1ccc(CCOc2ccc(CC(SC#N)C(=O)N3C(=O)OCC3Cc3ccccc3)cc2)nc1. The van der Waals surface area contributed by atoms with Gasteiger partial charge in [-0.15, -0.1) is 0 Å². The van der Waals surface area contributed by atoms with Crippen LogP contribution in [-0.2, 0) is 35.2 Å². The van der Waals surface area contributed by atoms with Crippen molar-refractivity contribution in [3.8, 4) is 11.2 Å². The molecule has 0 N–H and O–H groups in total. The molecule has 8 heteroatoms. The highest BCUT2D eigenvalue weighted by Crippen LogP contribution is 2.25. The highest BCUT2D eigenvalue weighted by Gasteiger charge is 2.41. The fourth-order valence-corrected chi connectivity index (χ4v) is 4.80. The number of ether oxygens (including phenoxy) is 2. The number of hydrogen-bond donors (Lipinski definition) is 0. The van der Waals surface area contributed by atoms with E-state index in [1.165, 1.54) is 10.5 Å². The lowest BCUT2D eigenvalue weighted by Crippen LogP contribution is -2.45. The van der Waals surface area contributed by atoms with Crippen molar-refractivity contribution in [3.05, 3.63) is 95.3 Å². The highest BCUT2D eigenvalue weighted by molar-refractivity contribution is 8.04. The molecule has 0 bridgehead atoms. The average molecular weight is 516 g/mol. The second kappa shape index (κ2) is 12.9. The summed E-state index contributed by atoms with van der Waals surface area (Å²) in [6.07, 6.45) is 3.73. The molecular weight excluding hydrogens is 486 g/mol. The van der Waals surface area contributed by atoms with Crippen LogP contribution in [0, 0.1) is 10.7 Å². The number of imide groups is 1. The minimum Gasteiger partial charge on any atom is -0.493 e. The van der Waals surface area contributed by atoms with E-state index in [9.17, 15) is 14.9 Å². The number of nitriles is 1. The predicted octanol–water partition coefficient (Wildman–Crippen LogP) is 4.98. The summed E-state index contributed by atoms with van der Waals surface area (Å²) in [5, 5.41) is 10.6. The third-order valence-corrected chi connectivity index (χ3v) is 7.01. The molecule has 37 heavy (non-hydrogen) atoms. The van der Waals surface area contributed by atoms with Gasteiger partial charge in [-0.1, -0.05) is 55.5 Å². The van der Waals surface area contributed by atoms with Gasteiger partial charge in [0.1, 0.15) is 23.0 Å². The van der Waals surface area contributed by atoms with Gasteiger partial charge in [0.05, 0.1) is 12.6 Å². The molecule has 190 valence electrons. The molecule has 1 saturated heterocycles. The number of hydrogen-bond acceptors (Lipinski definition) is 7. The maximum absolute atomic E-state index is 13.4. The molecule has 3 aromatic rings. The molecule has 0 spiro atoms. The lowest BCUT2D eigenvalue weighted by molar-refractivity contribution is -0.128. The Kier molecular flexibility index (Phi) is 9.17. The molecule has 0 saturated carbocycles. The van der Waals surface area contributed by atoms with E-state index < -0.39 is 23.3 Å². The fraction of sp³-hybridized carbons (Fsp3) is 0.310. The number of aryl methyl sites for hydroxylation is 1. The third-order valence-electron chi connectivity index (χ3n) is 6.25. The number of cyclic esters (lactones) is 1. The molecule has 2 atom stereocenters. The van der Waals surface area contributed by atoms with Gasteiger partial charge in [-0.3, -0.25) is 9.78 Å². The highest BCUT2D eigenvalue weighted by atomic mass is 32.2. The van der Waals surface area contributed by atoms with Crippen LogP contribution >= 0.6 is 11.8 Å². The Balaban J connectivity index is 1.35. The van der Waals surface area contributed by atoms with Crippen LogP contribution < -0.4 is 4.74 Å². The van der Waals surface area contributed by atoms with Gasteiger partial charge in [0.25, 0.3) is 0 Å². The largest absolute Gasteiger partial charge is 0.493 e. The lowest BCUT2D eigenvalue weighted by atomic mass is 10.0. The summed E-state index contributed by atoms with van der Waals surface area (Å²) in [4.78, 5) is 31.4. The van der Waals surface area contributed by atoms with Crippen molar-refractivity contribution in [2.75, 3.05) is 13.2 Å². The standard InChI is InChI=1S/C29H29N3O4S/c1-2-21-8-11-24(31-18-21)14-15-35-26-12-9-23(10-13-26)17-27(37-20-30)28(33)32-25(19-36-29(32)34)16-22-6-4-3-5-7-22/h3-13,18,25,27H,2,14-17,19H2,1H3. The van der Waals surface area contributed by atoms with E-state index >= 15 is 0 Å². The van der Waals surface area contributed by atoms with Gasteiger partial charge < -0.3 is 9.47 Å². The summed E-state index contributed by atoms with van der Waals surface area (Å²) < 4.78 is 11.1. The summed E-state index contributed by atoms with van der Waals surface area (Å²) >= 11 is 0.863. The lowest BCUT2D eigenvalue weighted by Gasteiger charge is -2.23. The minimum atomic E-state index is -0.724. The van der Waals surface area contributed by atoms with Crippen molar-refractivity contribution in [2.24, 2.45) is 0 Å². The second-order valence-corrected chi connectivity index (χ2v) is 9.77. The molecule has 2 amide bonds. The molecule has 1 aromatic heterocycles. The maximum atomic E-state index is 13.4. The van der Waals surface area contributed by atoms with E-state index in [4.69, 9.17) is 9.47 Å². The summed E-state index contributed by atoms with van der Waals surface area (Å²) in [5.74, 6) is 0.313. The summed E-state index contributed by atoms with van der Waals surface area (Å²) in [6, 6.07) is 20.8. The van der Waals surface area contributed by atoms with Crippen molar-refractivity contribution in [2.45, 2.75) is 43.9 Å². The zero-order chi connectivity index (χ0) is 26.0. The number of thiocyanates is 1. The number of rotatable bonds is 11. The number of nitrogens with zero attached hydrogens (tertiary/aromatic N) is 3. The first-order chi connectivity index (χ1) is 18.1. The van der Waals surface area contributed by atoms with Crippen molar-refractivity contribution in [1.82, 2.24) is 9.88 Å². The first kappa shape index (κ1) is 26.2. The molecular formula is C29H29N3O4S. The Bertz CT molecular complexity index is 1230. The Labute approximate surface area is 221 Å². The van der Waals surface area contributed by atoms with Crippen LogP contribution in [0.4, 0.5) is 4.79 Å². The molecule has 4 rings (SSSR count). The topological polar surface area (TPSA) is 92.5 Å². The van der Waals surface area contributed by atoms with E-state index in [-0.39, 0.29) is 6.61 Å². The van der Waals surface area contributed by atoms with Crippen LogP contribution in [-0.4, -0.2) is 46.4 Å². The minimum absolute atomic E-state index is 0.147. The van der Waals surface area contributed by atoms with Gasteiger partial charge in [0, 0.05) is 18.3 Å².